The molecule has 0 rings (SSSR count). The van der Waals surface area contributed by atoms with Crippen LogP contribution in [0.3, 0.4) is 0 Å². The van der Waals surface area contributed by atoms with Crippen LogP contribution >= 0.6 is 7.82 Å². The summed E-state index contributed by atoms with van der Waals surface area (Å²) < 4.78 is 23.4. The molecule has 0 aliphatic rings. The summed E-state index contributed by atoms with van der Waals surface area (Å²) >= 11 is 0. The van der Waals surface area contributed by atoms with Gasteiger partial charge in [-0.05, 0) is 57.8 Å². The van der Waals surface area contributed by atoms with Gasteiger partial charge < -0.3 is 28.8 Å². The van der Waals surface area contributed by atoms with Crippen LogP contribution in [0.15, 0.2) is 36.5 Å². The number of hydrogen-bond donors (Lipinski definition) is 2. The number of likely N-dealkylation sites (N-methyl/N-ethyl adjacent to an activating group) is 1. The maximum atomic E-state index is 13.0. The SMILES string of the molecule is CCCCCCCC/C=C\CCCCCCCCCCCC(=O)NC(COP(=O)([O-])OCC[N+](C)(C)C)C(O)/C=C/CC/C=C/CCCCCCCCCCCCCCCCCCCCCCCCCC. The minimum Gasteiger partial charge on any atom is -0.756 e. The van der Waals surface area contributed by atoms with E-state index in [1.54, 1.807) is 6.08 Å². The zero-order valence-corrected chi connectivity index (χ0v) is 48.8. The van der Waals surface area contributed by atoms with E-state index in [9.17, 15) is 19.4 Å². The number of rotatable bonds is 57. The van der Waals surface area contributed by atoms with Gasteiger partial charge in [0.25, 0.3) is 7.82 Å². The smallest absolute Gasteiger partial charge is 0.268 e. The Morgan fingerprint density at radius 2 is 0.789 bits per heavy atom. The lowest BCUT2D eigenvalue weighted by Gasteiger charge is -2.29. The summed E-state index contributed by atoms with van der Waals surface area (Å²) in [6.07, 6.45) is 69.6. The molecule has 3 unspecified atom stereocenters. The first-order chi connectivity index (χ1) is 34.5. The van der Waals surface area contributed by atoms with Crippen LogP contribution in [0.4, 0.5) is 0 Å². The molecule has 0 aliphatic heterocycles. The maximum Gasteiger partial charge on any atom is 0.268 e. The number of nitrogens with zero attached hydrogens (tertiary/aromatic N) is 1. The van der Waals surface area contributed by atoms with E-state index < -0.39 is 26.6 Å². The molecule has 0 aliphatic carbocycles. The molecule has 8 nitrogen and oxygen atoms in total. The number of allylic oxidation sites excluding steroid dienone is 5. The number of phosphoric acid groups is 1. The van der Waals surface area contributed by atoms with Crippen molar-refractivity contribution in [3.8, 4) is 0 Å². The summed E-state index contributed by atoms with van der Waals surface area (Å²) in [5.74, 6) is -0.206. The number of amides is 1. The maximum absolute atomic E-state index is 13.0. The van der Waals surface area contributed by atoms with Gasteiger partial charge in [-0.3, -0.25) is 9.36 Å². The number of carbonyl (C=O) groups excluding carboxylic acids is 1. The van der Waals surface area contributed by atoms with E-state index in [2.05, 4.69) is 43.5 Å². The number of hydrogen-bond acceptors (Lipinski definition) is 6. The Morgan fingerprint density at radius 3 is 1.14 bits per heavy atom. The molecular weight excluding hydrogens is 900 g/mol. The van der Waals surface area contributed by atoms with E-state index >= 15 is 0 Å². The molecule has 9 heteroatoms. The van der Waals surface area contributed by atoms with E-state index in [0.29, 0.717) is 17.4 Å². The Bertz CT molecular complexity index is 1250. The van der Waals surface area contributed by atoms with Crippen LogP contribution in [0.2, 0.25) is 0 Å². The molecule has 0 saturated carbocycles. The molecule has 2 N–H and O–H groups in total. The van der Waals surface area contributed by atoms with Gasteiger partial charge in [0.05, 0.1) is 39.9 Å². The lowest BCUT2D eigenvalue weighted by molar-refractivity contribution is -0.870. The third-order valence-corrected chi connectivity index (χ3v) is 15.0. The predicted molar refractivity (Wildman–Crippen MR) is 307 cm³/mol. The van der Waals surface area contributed by atoms with Crippen molar-refractivity contribution in [1.29, 1.82) is 0 Å². The molecule has 3 atom stereocenters. The van der Waals surface area contributed by atoms with Gasteiger partial charge in [0.2, 0.25) is 5.91 Å². The molecule has 71 heavy (non-hydrogen) atoms. The second-order valence-electron chi connectivity index (χ2n) is 22.4. The average Bonchev–Trinajstić information content (AvgIpc) is 3.33. The minimum absolute atomic E-state index is 0.00601. The summed E-state index contributed by atoms with van der Waals surface area (Å²) in [6.45, 7) is 4.66. The van der Waals surface area contributed by atoms with Gasteiger partial charge in [-0.2, -0.15) is 0 Å². The van der Waals surface area contributed by atoms with Crippen molar-refractivity contribution in [2.45, 2.75) is 315 Å². The molecule has 1 amide bonds. The van der Waals surface area contributed by atoms with Gasteiger partial charge in [-0.15, -0.1) is 0 Å². The zero-order valence-electron chi connectivity index (χ0n) is 47.9. The van der Waals surface area contributed by atoms with Crippen LogP contribution < -0.4 is 10.2 Å². The van der Waals surface area contributed by atoms with Crippen LogP contribution in [-0.4, -0.2) is 68.5 Å². The van der Waals surface area contributed by atoms with Gasteiger partial charge in [0.1, 0.15) is 13.2 Å². The quantitative estimate of drug-likeness (QED) is 0.0272. The summed E-state index contributed by atoms with van der Waals surface area (Å²) in [5, 5.41) is 13.9. The highest BCUT2D eigenvalue weighted by Gasteiger charge is 2.23. The van der Waals surface area contributed by atoms with Crippen molar-refractivity contribution in [2.24, 2.45) is 0 Å². The molecular formula is C62H121N2O6P. The molecule has 0 aromatic rings. The van der Waals surface area contributed by atoms with Crippen molar-refractivity contribution < 1.29 is 32.9 Å². The molecule has 0 spiro atoms. The highest BCUT2D eigenvalue weighted by Crippen LogP contribution is 2.38. The van der Waals surface area contributed by atoms with Gasteiger partial charge >= 0.3 is 0 Å². The first-order valence-corrected chi connectivity index (χ1v) is 32.3. The van der Waals surface area contributed by atoms with Crippen molar-refractivity contribution in [3.05, 3.63) is 36.5 Å². The van der Waals surface area contributed by atoms with E-state index in [4.69, 9.17) is 9.05 Å². The highest BCUT2D eigenvalue weighted by atomic mass is 31.2. The molecule has 0 fully saturated rings. The molecule has 0 radical (unpaired) electrons. The number of nitrogens with one attached hydrogen (secondary N) is 1. The van der Waals surface area contributed by atoms with E-state index in [1.807, 2.05) is 27.2 Å². The van der Waals surface area contributed by atoms with Crippen LogP contribution in [0, 0.1) is 0 Å². The minimum atomic E-state index is -4.61. The Balaban J connectivity index is 4.16. The van der Waals surface area contributed by atoms with Gasteiger partial charge in [-0.25, -0.2) is 0 Å². The summed E-state index contributed by atoms with van der Waals surface area (Å²) in [4.78, 5) is 25.5. The van der Waals surface area contributed by atoms with Crippen LogP contribution in [-0.2, 0) is 18.4 Å². The third-order valence-electron chi connectivity index (χ3n) is 14.1. The molecule has 0 saturated heterocycles. The average molecular weight is 1020 g/mol. The van der Waals surface area contributed by atoms with E-state index in [1.165, 1.54) is 244 Å². The van der Waals surface area contributed by atoms with Gasteiger partial charge in [0, 0.05) is 6.42 Å². The molecule has 0 bridgehead atoms. The van der Waals surface area contributed by atoms with E-state index in [0.717, 1.165) is 38.5 Å². The highest BCUT2D eigenvalue weighted by molar-refractivity contribution is 7.45. The Morgan fingerprint density at radius 1 is 0.479 bits per heavy atom. The summed E-state index contributed by atoms with van der Waals surface area (Å²) in [6, 6.07) is -0.905. The fourth-order valence-corrected chi connectivity index (χ4v) is 9.95. The van der Waals surface area contributed by atoms with Crippen molar-refractivity contribution in [1.82, 2.24) is 5.32 Å². The van der Waals surface area contributed by atoms with Crippen LogP contribution in [0.5, 0.6) is 0 Å². The molecule has 0 heterocycles. The normalized spacial score (nSPS) is 14.1. The van der Waals surface area contributed by atoms with Crippen molar-refractivity contribution in [2.75, 3.05) is 40.9 Å². The van der Waals surface area contributed by atoms with Gasteiger partial charge in [-0.1, -0.05) is 275 Å². The van der Waals surface area contributed by atoms with Crippen LogP contribution in [0.25, 0.3) is 0 Å². The fourth-order valence-electron chi connectivity index (χ4n) is 9.23. The predicted octanol–water partition coefficient (Wildman–Crippen LogP) is 18.3. The second kappa shape index (κ2) is 53.5. The topological polar surface area (TPSA) is 108 Å². The van der Waals surface area contributed by atoms with Crippen molar-refractivity contribution >= 4 is 13.7 Å². The Hall–Kier alpha value is -1.28. The lowest BCUT2D eigenvalue weighted by atomic mass is 10.0. The van der Waals surface area contributed by atoms with Gasteiger partial charge in [0.15, 0.2) is 0 Å². The van der Waals surface area contributed by atoms with E-state index in [-0.39, 0.29) is 12.5 Å². The Labute approximate surface area is 442 Å². The zero-order chi connectivity index (χ0) is 52.0. The molecule has 0 aromatic heterocycles. The molecule has 420 valence electrons. The number of phosphoric ester groups is 1. The standard InChI is InChI=1S/C62H121N2O6P/c1-6-8-10-12-14-16-18-20-22-24-26-27-28-29-30-31-32-33-34-35-36-38-39-41-43-45-47-49-51-53-55-61(65)60(59-70-71(67,68)69-58-57-64(3,4)5)63-62(66)56-54-52-50-48-46-44-42-40-37-25-23-21-19-17-15-13-11-9-7-2/h21,23,45,47,53,55,60-61,65H,6-20,22,24-44,46,48-52,54,56-59H2,1-5H3,(H-,63,66,67,68)/b23-21-,47-45+,55-53+. The first kappa shape index (κ1) is 69.7. The third kappa shape index (κ3) is 56.3. The number of quaternary nitrogens is 1. The number of unbranched alkanes of at least 4 members (excludes halogenated alkanes) is 40. The number of aliphatic hydroxyl groups is 1. The monoisotopic (exact) mass is 1020 g/mol. The second-order valence-corrected chi connectivity index (χ2v) is 23.8. The number of aliphatic hydroxyl groups excluding tert-OH is 1. The van der Waals surface area contributed by atoms with Crippen molar-refractivity contribution in [3.63, 3.8) is 0 Å². The lowest BCUT2D eigenvalue weighted by Crippen LogP contribution is -2.45. The van der Waals surface area contributed by atoms with Crippen LogP contribution in [0.1, 0.15) is 303 Å². The summed E-state index contributed by atoms with van der Waals surface area (Å²) in [7, 11) is 1.25. The fraction of sp³-hybridized carbons (Fsp3) is 0.887. The Kier molecular flexibility index (Phi) is 52.6. The summed E-state index contributed by atoms with van der Waals surface area (Å²) in [5.41, 5.74) is 0. The number of carbonyl (C=O) groups is 1. The first-order valence-electron chi connectivity index (χ1n) is 30.9. The molecule has 0 aromatic carbocycles. The largest absolute Gasteiger partial charge is 0.756 e.